The molecule has 0 amide bonds. The minimum absolute atomic E-state index is 0.0183. The number of aromatic nitrogens is 4. The summed E-state index contributed by atoms with van der Waals surface area (Å²) in [5.41, 5.74) is 4.31. The highest BCUT2D eigenvalue weighted by molar-refractivity contribution is 6.06. The molecule has 2 heterocycles. The van der Waals surface area contributed by atoms with Crippen molar-refractivity contribution < 1.29 is 13.2 Å². The number of aryl methyl sites for hydroxylation is 1. The van der Waals surface area contributed by atoms with E-state index in [-0.39, 0.29) is 33.7 Å². The Morgan fingerprint density at radius 2 is 0.977 bits per heavy atom. The Bertz CT molecular complexity index is 2360. The molecule has 7 rings (SSSR count). The van der Waals surface area contributed by atoms with Crippen molar-refractivity contribution in [1.29, 1.82) is 21.0 Å². The number of allylic oxidation sites excluding steroid dienone is 2. The Labute approximate surface area is 240 Å². The van der Waals surface area contributed by atoms with Gasteiger partial charge in [0.2, 0.25) is 0 Å². The number of halogens is 3. The summed E-state index contributed by atoms with van der Waals surface area (Å²) in [5, 5.41) is 38.7. The van der Waals surface area contributed by atoms with Gasteiger partial charge in [0.05, 0.1) is 50.4 Å². The Kier molecular flexibility index (Phi) is 5.22. The normalized spacial score (nSPS) is 12.5. The molecule has 8 nitrogen and oxygen atoms in total. The van der Waals surface area contributed by atoms with Crippen molar-refractivity contribution >= 4 is 33.2 Å². The van der Waals surface area contributed by atoms with Gasteiger partial charge in [-0.25, -0.2) is 19.9 Å². The molecule has 0 saturated carbocycles. The molecule has 0 N–H and O–H groups in total. The van der Waals surface area contributed by atoms with Gasteiger partial charge in [-0.15, -0.1) is 0 Å². The molecule has 2 aliphatic rings. The van der Waals surface area contributed by atoms with E-state index in [4.69, 9.17) is 15.0 Å². The zero-order chi connectivity index (χ0) is 30.2. The summed E-state index contributed by atoms with van der Waals surface area (Å²) in [7, 11) is 0. The number of rotatable bonds is 0. The second-order valence-corrected chi connectivity index (χ2v) is 9.93. The highest BCUT2D eigenvalue weighted by atomic mass is 19.4. The lowest BCUT2D eigenvalue weighted by atomic mass is 9.99. The van der Waals surface area contributed by atoms with Crippen LogP contribution in [0.2, 0.25) is 0 Å². The summed E-state index contributed by atoms with van der Waals surface area (Å²) >= 11 is 0. The van der Waals surface area contributed by atoms with E-state index < -0.39 is 11.7 Å². The molecular weight excluding hydrogens is 553 g/mol. The number of benzene rings is 3. The largest absolute Gasteiger partial charge is 0.416 e. The van der Waals surface area contributed by atoms with E-state index >= 15 is 0 Å². The van der Waals surface area contributed by atoms with Gasteiger partial charge in [0, 0.05) is 22.3 Å². The lowest BCUT2D eigenvalue weighted by Crippen LogP contribution is -2.05. The average Bonchev–Trinajstić information content (AvgIpc) is 3.46. The molecule has 0 bridgehead atoms. The molecule has 200 valence electrons. The first kappa shape index (κ1) is 25.5. The van der Waals surface area contributed by atoms with Crippen LogP contribution in [0.5, 0.6) is 0 Å². The molecular formula is C32H11F3N8. The third-order valence-corrected chi connectivity index (χ3v) is 7.44. The van der Waals surface area contributed by atoms with Gasteiger partial charge in [-0.2, -0.15) is 34.2 Å². The minimum atomic E-state index is -4.64. The number of fused-ring (bicyclic) bond motifs is 8. The van der Waals surface area contributed by atoms with E-state index in [1.54, 1.807) is 24.3 Å². The van der Waals surface area contributed by atoms with Crippen molar-refractivity contribution in [2.24, 2.45) is 0 Å². The molecule has 11 heteroatoms. The van der Waals surface area contributed by atoms with Gasteiger partial charge in [0.1, 0.15) is 35.4 Å². The van der Waals surface area contributed by atoms with Crippen LogP contribution in [-0.4, -0.2) is 19.9 Å². The van der Waals surface area contributed by atoms with E-state index in [1.165, 1.54) is 6.07 Å². The monoisotopic (exact) mass is 564 g/mol. The van der Waals surface area contributed by atoms with Crippen LogP contribution in [0.1, 0.15) is 33.6 Å². The van der Waals surface area contributed by atoms with E-state index in [9.17, 15) is 34.2 Å². The fourth-order valence-corrected chi connectivity index (χ4v) is 5.57. The van der Waals surface area contributed by atoms with Crippen molar-refractivity contribution in [3.8, 4) is 46.8 Å². The first-order valence-electron chi connectivity index (χ1n) is 12.6. The summed E-state index contributed by atoms with van der Waals surface area (Å²) in [5.74, 6) is 0. The molecule has 0 radical (unpaired) electrons. The SMILES string of the molecule is Cc1ccc2c(c1)C(=C(C#N)C#N)c1nc3cc4nc5c(nc4cc3nc1-2)C(=C(C#N)C#N)c1cc(C(F)(F)F)ccc1-5. The predicted octanol–water partition coefficient (Wildman–Crippen LogP) is 6.56. The molecule has 0 unspecified atom stereocenters. The zero-order valence-corrected chi connectivity index (χ0v) is 21.8. The molecule has 5 aromatic rings. The smallest absolute Gasteiger partial charge is 0.244 e. The van der Waals surface area contributed by atoms with Crippen molar-refractivity contribution in [3.05, 3.63) is 93.3 Å². The zero-order valence-electron chi connectivity index (χ0n) is 21.8. The fraction of sp³-hybridized carbons (Fsp3) is 0.0625. The van der Waals surface area contributed by atoms with E-state index in [1.807, 2.05) is 37.3 Å². The molecule has 3 aromatic carbocycles. The average molecular weight is 564 g/mol. The molecule has 0 spiro atoms. The van der Waals surface area contributed by atoms with Gasteiger partial charge in [-0.05, 0) is 42.3 Å². The second-order valence-electron chi connectivity index (χ2n) is 9.93. The van der Waals surface area contributed by atoms with Crippen molar-refractivity contribution in [2.75, 3.05) is 0 Å². The summed E-state index contributed by atoms with van der Waals surface area (Å²) in [6, 6.07) is 19.4. The molecule has 0 saturated heterocycles. The van der Waals surface area contributed by atoms with Gasteiger partial charge in [0.15, 0.2) is 0 Å². The number of alkyl halides is 3. The number of hydrogen-bond acceptors (Lipinski definition) is 8. The van der Waals surface area contributed by atoms with Crippen LogP contribution in [-0.2, 0) is 6.18 Å². The van der Waals surface area contributed by atoms with E-state index in [0.717, 1.165) is 17.7 Å². The number of nitrogens with zero attached hydrogens (tertiary/aromatic N) is 8. The van der Waals surface area contributed by atoms with Gasteiger partial charge >= 0.3 is 6.18 Å². The summed E-state index contributed by atoms with van der Waals surface area (Å²) in [6.07, 6.45) is -4.64. The predicted molar refractivity (Wildman–Crippen MR) is 148 cm³/mol. The van der Waals surface area contributed by atoms with E-state index in [0.29, 0.717) is 55.7 Å². The third kappa shape index (κ3) is 3.60. The van der Waals surface area contributed by atoms with Crippen LogP contribution >= 0.6 is 0 Å². The Hall–Kier alpha value is -6.43. The lowest BCUT2D eigenvalue weighted by molar-refractivity contribution is -0.137. The maximum atomic E-state index is 13.6. The molecule has 0 atom stereocenters. The lowest BCUT2D eigenvalue weighted by Gasteiger charge is -2.09. The Morgan fingerprint density at radius 3 is 1.42 bits per heavy atom. The first-order chi connectivity index (χ1) is 20.7. The van der Waals surface area contributed by atoms with Gasteiger partial charge < -0.3 is 0 Å². The van der Waals surface area contributed by atoms with Gasteiger partial charge in [-0.1, -0.05) is 29.8 Å². The maximum Gasteiger partial charge on any atom is 0.416 e. The standard InChI is InChI=1S/C32H11F3N8/c1-14-2-4-18-20(6-14)26(15(10-36)11-37)30-28(18)40-22-8-25-23(9-24(22)42-30)41-29-19-5-3-17(32(33,34)35)7-21(19)27(31(29)43-25)16(12-38)13-39/h2-9H,1H3. The molecule has 2 aromatic heterocycles. The highest BCUT2D eigenvalue weighted by Crippen LogP contribution is 2.47. The Morgan fingerprint density at radius 1 is 0.558 bits per heavy atom. The van der Waals surface area contributed by atoms with Crippen molar-refractivity contribution in [2.45, 2.75) is 13.1 Å². The van der Waals surface area contributed by atoms with Crippen LogP contribution in [0.4, 0.5) is 13.2 Å². The summed E-state index contributed by atoms with van der Waals surface area (Å²) in [4.78, 5) is 18.9. The summed E-state index contributed by atoms with van der Waals surface area (Å²) < 4.78 is 40.7. The van der Waals surface area contributed by atoms with Crippen LogP contribution < -0.4 is 0 Å². The minimum Gasteiger partial charge on any atom is -0.244 e. The first-order valence-corrected chi connectivity index (χ1v) is 12.6. The van der Waals surface area contributed by atoms with Crippen LogP contribution in [0.15, 0.2) is 59.7 Å². The quantitative estimate of drug-likeness (QED) is 0.149. The highest BCUT2D eigenvalue weighted by Gasteiger charge is 2.36. The van der Waals surface area contributed by atoms with E-state index in [2.05, 4.69) is 4.98 Å². The molecule has 0 fully saturated rings. The molecule has 43 heavy (non-hydrogen) atoms. The molecule has 2 aliphatic carbocycles. The number of hydrogen-bond donors (Lipinski definition) is 0. The van der Waals surface area contributed by atoms with Gasteiger partial charge in [-0.3, -0.25) is 0 Å². The topological polar surface area (TPSA) is 147 Å². The van der Waals surface area contributed by atoms with Crippen LogP contribution in [0.25, 0.3) is 55.7 Å². The van der Waals surface area contributed by atoms with Crippen molar-refractivity contribution in [1.82, 2.24) is 19.9 Å². The fourth-order valence-electron chi connectivity index (χ4n) is 5.57. The Balaban J connectivity index is 1.51. The van der Waals surface area contributed by atoms with Crippen LogP contribution in [0.3, 0.4) is 0 Å². The number of nitriles is 4. The van der Waals surface area contributed by atoms with Crippen molar-refractivity contribution in [3.63, 3.8) is 0 Å². The van der Waals surface area contributed by atoms with Crippen LogP contribution in [0, 0.1) is 52.2 Å². The maximum absolute atomic E-state index is 13.6. The third-order valence-electron chi connectivity index (χ3n) is 7.44. The second kappa shape index (κ2) is 8.78. The summed E-state index contributed by atoms with van der Waals surface area (Å²) in [6.45, 7) is 1.90. The molecule has 0 aliphatic heterocycles. The van der Waals surface area contributed by atoms with Gasteiger partial charge in [0.25, 0.3) is 0 Å².